The fourth-order valence-electron chi connectivity index (χ4n) is 2.35. The Morgan fingerprint density at radius 2 is 1.68 bits per heavy atom. The number of nitrogens with one attached hydrogen (secondary N) is 1. The minimum Gasteiger partial charge on any atom is -0.325 e. The molecule has 0 heterocycles. The van der Waals surface area contributed by atoms with Crippen LogP contribution in [0, 0.1) is 5.82 Å². The summed E-state index contributed by atoms with van der Waals surface area (Å²) in [6.07, 6.45) is 3.18. The zero-order chi connectivity index (χ0) is 18.4. The van der Waals surface area contributed by atoms with Gasteiger partial charge >= 0.3 is 0 Å². The first-order valence-electron chi connectivity index (χ1n) is 8.24. The van der Waals surface area contributed by atoms with Crippen LogP contribution in [0.5, 0.6) is 0 Å². The molecular formula is C19H22FNO3S. The van der Waals surface area contributed by atoms with E-state index in [0.29, 0.717) is 5.69 Å². The molecule has 0 bridgehead atoms. The monoisotopic (exact) mass is 363 g/mol. The SMILES string of the molecule is CCCCc1ccc(NC(=O)C(C)S(=O)(=O)c2ccc(F)cc2)cc1. The lowest BCUT2D eigenvalue weighted by molar-refractivity contribution is -0.115. The van der Waals surface area contributed by atoms with E-state index in [1.807, 2.05) is 12.1 Å². The van der Waals surface area contributed by atoms with Crippen molar-refractivity contribution in [3.63, 3.8) is 0 Å². The van der Waals surface area contributed by atoms with Crippen LogP contribution >= 0.6 is 0 Å². The van der Waals surface area contributed by atoms with Gasteiger partial charge in [0.1, 0.15) is 11.1 Å². The number of rotatable bonds is 7. The number of halogens is 1. The number of hydrogen-bond acceptors (Lipinski definition) is 3. The summed E-state index contributed by atoms with van der Waals surface area (Å²) in [6, 6.07) is 11.8. The zero-order valence-corrected chi connectivity index (χ0v) is 15.1. The summed E-state index contributed by atoms with van der Waals surface area (Å²) in [5, 5.41) is 1.34. The smallest absolute Gasteiger partial charge is 0.242 e. The molecule has 0 fully saturated rings. The molecule has 0 aliphatic heterocycles. The lowest BCUT2D eigenvalue weighted by atomic mass is 10.1. The number of hydrogen-bond donors (Lipinski definition) is 1. The number of unbranched alkanes of at least 4 members (excludes halogenated alkanes) is 1. The molecule has 134 valence electrons. The predicted molar refractivity (Wildman–Crippen MR) is 96.7 cm³/mol. The Labute approximate surface area is 148 Å². The Balaban J connectivity index is 2.07. The molecule has 0 aliphatic rings. The maximum atomic E-state index is 13.0. The topological polar surface area (TPSA) is 63.2 Å². The minimum atomic E-state index is -3.87. The van der Waals surface area contributed by atoms with Gasteiger partial charge in [-0.3, -0.25) is 4.79 Å². The molecule has 0 saturated heterocycles. The number of sulfone groups is 1. The van der Waals surface area contributed by atoms with Crippen LogP contribution in [0.1, 0.15) is 32.3 Å². The molecule has 25 heavy (non-hydrogen) atoms. The van der Waals surface area contributed by atoms with Crippen LogP contribution in [-0.4, -0.2) is 19.6 Å². The van der Waals surface area contributed by atoms with E-state index in [1.165, 1.54) is 12.5 Å². The van der Waals surface area contributed by atoms with E-state index in [0.717, 1.165) is 43.5 Å². The summed E-state index contributed by atoms with van der Waals surface area (Å²) < 4.78 is 37.9. The lowest BCUT2D eigenvalue weighted by Crippen LogP contribution is -2.32. The molecule has 0 saturated carbocycles. The molecule has 2 rings (SSSR count). The van der Waals surface area contributed by atoms with E-state index >= 15 is 0 Å². The Morgan fingerprint density at radius 1 is 1.08 bits per heavy atom. The first-order valence-corrected chi connectivity index (χ1v) is 9.78. The fourth-order valence-corrected chi connectivity index (χ4v) is 3.61. The van der Waals surface area contributed by atoms with E-state index in [-0.39, 0.29) is 4.90 Å². The summed E-state index contributed by atoms with van der Waals surface area (Å²) in [5.41, 5.74) is 1.72. The van der Waals surface area contributed by atoms with Crippen molar-refractivity contribution in [3.8, 4) is 0 Å². The van der Waals surface area contributed by atoms with Gasteiger partial charge in [0.25, 0.3) is 0 Å². The van der Waals surface area contributed by atoms with Crippen molar-refractivity contribution in [2.45, 2.75) is 43.3 Å². The molecule has 0 radical (unpaired) electrons. The van der Waals surface area contributed by atoms with Crippen LogP contribution in [0.4, 0.5) is 10.1 Å². The molecular weight excluding hydrogens is 341 g/mol. The summed E-state index contributed by atoms with van der Waals surface area (Å²) in [4.78, 5) is 12.2. The number of carbonyl (C=O) groups is 1. The molecule has 4 nitrogen and oxygen atoms in total. The van der Waals surface area contributed by atoms with Gasteiger partial charge in [-0.2, -0.15) is 0 Å². The van der Waals surface area contributed by atoms with Crippen LogP contribution in [0.2, 0.25) is 0 Å². The Morgan fingerprint density at radius 3 is 2.24 bits per heavy atom. The summed E-state index contributed by atoms with van der Waals surface area (Å²) in [6.45, 7) is 3.45. The highest BCUT2D eigenvalue weighted by Crippen LogP contribution is 2.19. The maximum Gasteiger partial charge on any atom is 0.242 e. The maximum absolute atomic E-state index is 13.0. The molecule has 1 unspecified atom stereocenters. The summed E-state index contributed by atoms with van der Waals surface area (Å²) in [5.74, 6) is -1.15. The van der Waals surface area contributed by atoms with Gasteiger partial charge in [0.15, 0.2) is 9.84 Å². The van der Waals surface area contributed by atoms with Crippen molar-refractivity contribution in [1.29, 1.82) is 0 Å². The summed E-state index contributed by atoms with van der Waals surface area (Å²) in [7, 11) is -3.87. The lowest BCUT2D eigenvalue weighted by Gasteiger charge is -2.14. The van der Waals surface area contributed by atoms with Gasteiger partial charge in [0.05, 0.1) is 4.90 Å². The normalized spacial score (nSPS) is 12.6. The Bertz CT molecular complexity index is 815. The van der Waals surface area contributed by atoms with Crippen molar-refractivity contribution < 1.29 is 17.6 Å². The molecule has 2 aromatic carbocycles. The number of aryl methyl sites for hydroxylation is 1. The largest absolute Gasteiger partial charge is 0.325 e. The van der Waals surface area contributed by atoms with E-state index in [4.69, 9.17) is 0 Å². The molecule has 0 aromatic heterocycles. The highest BCUT2D eigenvalue weighted by molar-refractivity contribution is 7.92. The van der Waals surface area contributed by atoms with E-state index in [2.05, 4.69) is 12.2 Å². The Hall–Kier alpha value is -2.21. The van der Waals surface area contributed by atoms with Crippen molar-refractivity contribution in [3.05, 3.63) is 59.9 Å². The highest BCUT2D eigenvalue weighted by atomic mass is 32.2. The fraction of sp³-hybridized carbons (Fsp3) is 0.316. The van der Waals surface area contributed by atoms with Crippen LogP contribution in [-0.2, 0) is 21.1 Å². The molecule has 0 aliphatic carbocycles. The van der Waals surface area contributed by atoms with Crippen LogP contribution in [0.3, 0.4) is 0 Å². The molecule has 0 spiro atoms. The van der Waals surface area contributed by atoms with Gasteiger partial charge < -0.3 is 5.32 Å². The molecule has 1 amide bonds. The van der Waals surface area contributed by atoms with Crippen molar-refractivity contribution in [2.24, 2.45) is 0 Å². The van der Waals surface area contributed by atoms with Gasteiger partial charge in [0.2, 0.25) is 5.91 Å². The standard InChI is InChI=1S/C19H22FNO3S/c1-3-4-5-15-6-10-17(11-7-15)21-19(22)14(2)25(23,24)18-12-8-16(20)9-13-18/h6-14H,3-5H2,1-2H3,(H,21,22). The quantitative estimate of drug-likeness (QED) is 0.757. The van der Waals surface area contributed by atoms with Crippen molar-refractivity contribution in [1.82, 2.24) is 0 Å². The first kappa shape index (κ1) is 19.1. The third kappa shape index (κ3) is 4.89. The molecule has 1 atom stereocenters. The first-order chi connectivity index (χ1) is 11.8. The van der Waals surface area contributed by atoms with Crippen molar-refractivity contribution >= 4 is 21.4 Å². The van der Waals surface area contributed by atoms with E-state index < -0.39 is 26.8 Å². The minimum absolute atomic E-state index is 0.0773. The number of anilines is 1. The van der Waals surface area contributed by atoms with Gasteiger partial charge in [-0.05, 0) is 61.7 Å². The molecule has 2 aromatic rings. The number of amides is 1. The van der Waals surface area contributed by atoms with Crippen LogP contribution in [0.25, 0.3) is 0 Å². The van der Waals surface area contributed by atoms with Crippen LogP contribution < -0.4 is 5.32 Å². The van der Waals surface area contributed by atoms with Gasteiger partial charge in [-0.25, -0.2) is 12.8 Å². The third-order valence-electron chi connectivity index (χ3n) is 4.02. The van der Waals surface area contributed by atoms with E-state index in [1.54, 1.807) is 12.1 Å². The second-order valence-electron chi connectivity index (χ2n) is 5.93. The van der Waals surface area contributed by atoms with Gasteiger partial charge in [-0.1, -0.05) is 25.5 Å². The van der Waals surface area contributed by atoms with Gasteiger partial charge in [-0.15, -0.1) is 0 Å². The van der Waals surface area contributed by atoms with Crippen molar-refractivity contribution in [2.75, 3.05) is 5.32 Å². The van der Waals surface area contributed by atoms with Crippen LogP contribution in [0.15, 0.2) is 53.4 Å². The summed E-state index contributed by atoms with van der Waals surface area (Å²) >= 11 is 0. The number of carbonyl (C=O) groups excluding carboxylic acids is 1. The highest BCUT2D eigenvalue weighted by Gasteiger charge is 2.29. The Kier molecular flexibility index (Phi) is 6.31. The molecule has 6 heteroatoms. The second kappa shape index (κ2) is 8.25. The predicted octanol–water partition coefficient (Wildman–Crippen LogP) is 3.97. The second-order valence-corrected chi connectivity index (χ2v) is 8.20. The average molecular weight is 363 g/mol. The van der Waals surface area contributed by atoms with E-state index in [9.17, 15) is 17.6 Å². The molecule has 1 N–H and O–H groups in total. The third-order valence-corrected chi connectivity index (χ3v) is 6.09. The number of benzene rings is 2. The zero-order valence-electron chi connectivity index (χ0n) is 14.3. The average Bonchev–Trinajstić information content (AvgIpc) is 2.60. The van der Waals surface area contributed by atoms with Gasteiger partial charge in [0, 0.05) is 5.69 Å².